The third-order valence-corrected chi connectivity index (χ3v) is 4.18. The third kappa shape index (κ3) is 2.03. The maximum Gasteiger partial charge on any atom is 0.407 e. The second-order valence-electron chi connectivity index (χ2n) is 5.39. The lowest BCUT2D eigenvalue weighted by Gasteiger charge is -2.30. The molecule has 3 rings (SSSR count). The van der Waals surface area contributed by atoms with Crippen LogP contribution in [0.3, 0.4) is 0 Å². The fraction of sp³-hybridized carbons (Fsp3) is 0.400. The maximum absolute atomic E-state index is 13.8. The molecule has 1 saturated heterocycles. The average molecular weight is 276 g/mol. The second kappa shape index (κ2) is 4.81. The van der Waals surface area contributed by atoms with E-state index in [1.807, 2.05) is 13.0 Å². The van der Waals surface area contributed by atoms with Gasteiger partial charge in [-0.1, -0.05) is 12.1 Å². The van der Waals surface area contributed by atoms with Crippen molar-refractivity contribution in [3.05, 3.63) is 35.3 Å². The van der Waals surface area contributed by atoms with Crippen LogP contribution >= 0.6 is 0 Å². The number of fused-ring (bicyclic) bond motifs is 1. The van der Waals surface area contributed by atoms with Crippen LogP contribution in [0, 0.1) is 12.7 Å². The van der Waals surface area contributed by atoms with Gasteiger partial charge in [-0.15, -0.1) is 0 Å². The summed E-state index contributed by atoms with van der Waals surface area (Å²) >= 11 is 0. The Labute approximate surface area is 116 Å². The quantitative estimate of drug-likeness (QED) is 0.838. The zero-order valence-electron chi connectivity index (χ0n) is 11.3. The Hall–Kier alpha value is -2.04. The van der Waals surface area contributed by atoms with Gasteiger partial charge in [-0.3, -0.25) is 0 Å². The highest BCUT2D eigenvalue weighted by Gasteiger charge is 2.27. The molecule has 0 saturated carbocycles. The standard InChI is InChI=1S/C15H17FN2O2/c1-9-11-5-2-6-12(16)14(11)17-13(9)10-4-3-7-18(8-10)15(19)20/h2,5-6,10,17H,3-4,7-8H2,1H3,(H,19,20). The number of nitrogens with one attached hydrogen (secondary N) is 1. The highest BCUT2D eigenvalue weighted by Crippen LogP contribution is 2.33. The molecule has 1 atom stereocenters. The summed E-state index contributed by atoms with van der Waals surface area (Å²) in [5.41, 5.74) is 2.51. The third-order valence-electron chi connectivity index (χ3n) is 4.18. The molecular formula is C15H17FN2O2. The van der Waals surface area contributed by atoms with E-state index in [0.717, 1.165) is 29.5 Å². The number of halogens is 1. The number of piperidine rings is 1. The molecule has 1 aliphatic rings. The lowest BCUT2D eigenvalue weighted by Crippen LogP contribution is -2.38. The first-order valence-corrected chi connectivity index (χ1v) is 6.82. The number of hydrogen-bond donors (Lipinski definition) is 2. The molecule has 1 fully saturated rings. The van der Waals surface area contributed by atoms with Gasteiger partial charge in [0, 0.05) is 30.1 Å². The van der Waals surface area contributed by atoms with E-state index in [9.17, 15) is 9.18 Å². The smallest absolute Gasteiger partial charge is 0.407 e. The van der Waals surface area contributed by atoms with Gasteiger partial charge in [0.05, 0.1) is 5.52 Å². The molecule has 0 aliphatic carbocycles. The number of amides is 1. The molecule has 1 aromatic carbocycles. The molecule has 0 spiro atoms. The number of likely N-dealkylation sites (tertiary alicyclic amines) is 1. The molecule has 2 N–H and O–H groups in total. The van der Waals surface area contributed by atoms with E-state index >= 15 is 0 Å². The van der Waals surface area contributed by atoms with Crippen LogP contribution in [0.1, 0.15) is 30.0 Å². The molecule has 20 heavy (non-hydrogen) atoms. The number of hydrogen-bond acceptors (Lipinski definition) is 1. The number of aromatic amines is 1. The highest BCUT2D eigenvalue weighted by molar-refractivity contribution is 5.85. The lowest BCUT2D eigenvalue weighted by molar-refractivity contribution is 0.130. The Bertz CT molecular complexity index is 665. The molecule has 4 nitrogen and oxygen atoms in total. The van der Waals surface area contributed by atoms with Crippen molar-refractivity contribution < 1.29 is 14.3 Å². The van der Waals surface area contributed by atoms with E-state index in [4.69, 9.17) is 5.11 Å². The van der Waals surface area contributed by atoms with Crippen molar-refractivity contribution >= 4 is 17.0 Å². The predicted octanol–water partition coefficient (Wildman–Crippen LogP) is 3.47. The number of carbonyl (C=O) groups is 1. The number of carboxylic acid groups (broad SMARTS) is 1. The van der Waals surface area contributed by atoms with E-state index in [1.54, 1.807) is 6.07 Å². The van der Waals surface area contributed by atoms with Gasteiger partial charge >= 0.3 is 6.09 Å². The van der Waals surface area contributed by atoms with E-state index in [0.29, 0.717) is 18.6 Å². The Kier molecular flexibility index (Phi) is 3.12. The van der Waals surface area contributed by atoms with Gasteiger partial charge in [0.15, 0.2) is 0 Å². The fourth-order valence-electron chi connectivity index (χ4n) is 3.13. The Morgan fingerprint density at radius 2 is 2.30 bits per heavy atom. The van der Waals surface area contributed by atoms with Crippen molar-refractivity contribution in [1.82, 2.24) is 9.88 Å². The van der Waals surface area contributed by atoms with Crippen molar-refractivity contribution in [3.63, 3.8) is 0 Å². The summed E-state index contributed by atoms with van der Waals surface area (Å²) in [5.74, 6) is -0.144. The molecule has 0 bridgehead atoms. The molecule has 1 aromatic heterocycles. The van der Waals surface area contributed by atoms with Crippen LogP contribution in [-0.4, -0.2) is 34.2 Å². The number of benzene rings is 1. The van der Waals surface area contributed by atoms with E-state index in [2.05, 4.69) is 4.98 Å². The van der Waals surface area contributed by atoms with Gasteiger partial charge in [-0.2, -0.15) is 0 Å². The second-order valence-corrected chi connectivity index (χ2v) is 5.39. The number of H-pyrrole nitrogens is 1. The van der Waals surface area contributed by atoms with Crippen molar-refractivity contribution in [2.45, 2.75) is 25.7 Å². The van der Waals surface area contributed by atoms with Crippen molar-refractivity contribution in [2.75, 3.05) is 13.1 Å². The minimum absolute atomic E-state index is 0.117. The van der Waals surface area contributed by atoms with Crippen LogP contribution in [0.5, 0.6) is 0 Å². The first-order valence-electron chi connectivity index (χ1n) is 6.82. The van der Waals surface area contributed by atoms with Crippen LogP contribution in [0.25, 0.3) is 10.9 Å². The molecule has 106 valence electrons. The largest absolute Gasteiger partial charge is 0.465 e. The van der Waals surface area contributed by atoms with Gasteiger partial charge in [-0.05, 0) is 31.4 Å². The maximum atomic E-state index is 13.8. The monoisotopic (exact) mass is 276 g/mol. The van der Waals surface area contributed by atoms with Gasteiger partial charge in [-0.25, -0.2) is 9.18 Å². The van der Waals surface area contributed by atoms with Gasteiger partial charge in [0.2, 0.25) is 0 Å². The topological polar surface area (TPSA) is 56.3 Å². The van der Waals surface area contributed by atoms with Crippen LogP contribution in [-0.2, 0) is 0 Å². The van der Waals surface area contributed by atoms with Crippen LogP contribution in [0.15, 0.2) is 18.2 Å². The minimum atomic E-state index is -0.880. The fourth-order valence-corrected chi connectivity index (χ4v) is 3.13. The summed E-state index contributed by atoms with van der Waals surface area (Å²) in [7, 11) is 0. The van der Waals surface area contributed by atoms with Crippen molar-refractivity contribution in [2.24, 2.45) is 0 Å². The number of aryl methyl sites for hydroxylation is 1. The Morgan fingerprint density at radius 1 is 1.50 bits per heavy atom. The van der Waals surface area contributed by atoms with Crippen LogP contribution in [0.4, 0.5) is 9.18 Å². The zero-order valence-corrected chi connectivity index (χ0v) is 11.3. The first-order chi connectivity index (χ1) is 9.58. The molecule has 1 amide bonds. The average Bonchev–Trinajstić information content (AvgIpc) is 2.78. The normalized spacial score (nSPS) is 19.5. The van der Waals surface area contributed by atoms with Gasteiger partial charge in [0.1, 0.15) is 5.82 Å². The summed E-state index contributed by atoms with van der Waals surface area (Å²) in [6.45, 7) is 3.03. The molecule has 5 heteroatoms. The summed E-state index contributed by atoms with van der Waals surface area (Å²) < 4.78 is 13.8. The molecular weight excluding hydrogens is 259 g/mol. The minimum Gasteiger partial charge on any atom is -0.465 e. The van der Waals surface area contributed by atoms with Gasteiger partial charge < -0.3 is 15.0 Å². The molecule has 1 unspecified atom stereocenters. The van der Waals surface area contributed by atoms with Crippen LogP contribution in [0.2, 0.25) is 0 Å². The number of rotatable bonds is 1. The number of aromatic nitrogens is 1. The summed E-state index contributed by atoms with van der Waals surface area (Å²) in [6.07, 6.45) is 0.891. The molecule has 1 aliphatic heterocycles. The lowest BCUT2D eigenvalue weighted by atomic mass is 9.92. The molecule has 0 radical (unpaired) electrons. The summed E-state index contributed by atoms with van der Waals surface area (Å²) in [5, 5.41) is 9.99. The SMILES string of the molecule is Cc1c(C2CCCN(C(=O)O)C2)[nH]c2c(F)cccc12. The summed E-state index contributed by atoms with van der Waals surface area (Å²) in [6, 6.07) is 5.03. The number of nitrogens with zero attached hydrogens (tertiary/aromatic N) is 1. The van der Waals surface area contributed by atoms with Gasteiger partial charge in [0.25, 0.3) is 0 Å². The highest BCUT2D eigenvalue weighted by atomic mass is 19.1. The molecule has 2 aromatic rings. The van der Waals surface area contributed by atoms with E-state index in [-0.39, 0.29) is 11.7 Å². The zero-order chi connectivity index (χ0) is 14.3. The van der Waals surface area contributed by atoms with E-state index < -0.39 is 6.09 Å². The number of para-hydroxylation sites is 1. The van der Waals surface area contributed by atoms with Crippen molar-refractivity contribution in [3.8, 4) is 0 Å². The Balaban J connectivity index is 2.00. The van der Waals surface area contributed by atoms with Crippen molar-refractivity contribution in [1.29, 1.82) is 0 Å². The first kappa shape index (κ1) is 13.0. The molecule has 2 heterocycles. The van der Waals surface area contributed by atoms with E-state index in [1.165, 1.54) is 11.0 Å². The van der Waals surface area contributed by atoms with Crippen LogP contribution < -0.4 is 0 Å². The summed E-state index contributed by atoms with van der Waals surface area (Å²) in [4.78, 5) is 15.7. The predicted molar refractivity (Wildman–Crippen MR) is 74.6 cm³/mol. The Morgan fingerprint density at radius 3 is 3.00 bits per heavy atom.